The molecule has 2 saturated heterocycles. The second kappa shape index (κ2) is 4.40. The Kier molecular flexibility index (Phi) is 2.73. The minimum Gasteiger partial charge on any atom is -0.360 e. The van der Waals surface area contributed by atoms with Gasteiger partial charge < -0.3 is 9.64 Å². The quantitative estimate of drug-likeness (QED) is 0.774. The first kappa shape index (κ1) is 13.0. The molecule has 0 aliphatic carbocycles. The number of hydrogen-bond donors (Lipinski definition) is 0. The summed E-state index contributed by atoms with van der Waals surface area (Å²) >= 11 is 0. The zero-order chi connectivity index (χ0) is 14.6. The van der Waals surface area contributed by atoms with Gasteiger partial charge in [-0.3, -0.25) is 4.79 Å². The van der Waals surface area contributed by atoms with Crippen molar-refractivity contribution in [3.05, 3.63) is 24.3 Å². The summed E-state index contributed by atoms with van der Waals surface area (Å²) in [6, 6.07) is 0. The van der Waals surface area contributed by atoms with Crippen molar-refractivity contribution in [2.75, 3.05) is 13.6 Å². The molecule has 0 saturated carbocycles. The SMILES string of the molecule is CCCCn1ncnc1[C@H]1[C@@H]2C=C[C@@]3(CN(C)C(=O)[C@@H]13)O2. The number of nitrogens with zero attached hydrogens (tertiary/aromatic N) is 4. The molecule has 4 heterocycles. The van der Waals surface area contributed by atoms with Crippen LogP contribution in [-0.4, -0.2) is 50.9 Å². The minimum absolute atomic E-state index is 0.00759. The normalized spacial score (nSPS) is 36.8. The van der Waals surface area contributed by atoms with Crippen molar-refractivity contribution in [2.45, 2.75) is 43.9 Å². The monoisotopic (exact) mass is 288 g/mol. The molecular formula is C15H20N4O2. The van der Waals surface area contributed by atoms with E-state index in [0.29, 0.717) is 6.54 Å². The highest BCUT2D eigenvalue weighted by molar-refractivity contribution is 5.85. The van der Waals surface area contributed by atoms with Gasteiger partial charge in [0.25, 0.3) is 0 Å². The van der Waals surface area contributed by atoms with Gasteiger partial charge in [0, 0.05) is 13.6 Å². The molecule has 21 heavy (non-hydrogen) atoms. The summed E-state index contributed by atoms with van der Waals surface area (Å²) in [5.41, 5.74) is -0.442. The number of fused-ring (bicyclic) bond motifs is 1. The van der Waals surface area contributed by atoms with Gasteiger partial charge in [0.15, 0.2) is 0 Å². The third kappa shape index (κ3) is 1.65. The second-order valence-corrected chi connectivity index (χ2v) is 6.29. The average Bonchev–Trinajstić information content (AvgIpc) is 3.19. The van der Waals surface area contributed by atoms with E-state index in [1.165, 1.54) is 0 Å². The lowest BCUT2D eigenvalue weighted by Gasteiger charge is -2.23. The topological polar surface area (TPSA) is 60.2 Å². The Balaban J connectivity index is 1.72. The van der Waals surface area contributed by atoms with Gasteiger partial charge in [-0.25, -0.2) is 9.67 Å². The van der Waals surface area contributed by atoms with E-state index in [0.717, 1.165) is 25.2 Å². The summed E-state index contributed by atoms with van der Waals surface area (Å²) in [6.45, 7) is 3.65. The lowest BCUT2D eigenvalue weighted by molar-refractivity contribution is -0.130. The fourth-order valence-electron chi connectivity index (χ4n) is 4.00. The van der Waals surface area contributed by atoms with Gasteiger partial charge in [0.1, 0.15) is 17.8 Å². The van der Waals surface area contributed by atoms with Gasteiger partial charge in [-0.15, -0.1) is 0 Å². The Morgan fingerprint density at radius 2 is 2.38 bits per heavy atom. The Bertz CT molecular complexity index is 611. The molecular weight excluding hydrogens is 268 g/mol. The second-order valence-electron chi connectivity index (χ2n) is 6.29. The molecule has 0 aromatic carbocycles. The van der Waals surface area contributed by atoms with Gasteiger partial charge in [0.05, 0.1) is 24.5 Å². The largest absolute Gasteiger partial charge is 0.360 e. The van der Waals surface area contributed by atoms with Crippen molar-refractivity contribution in [3.63, 3.8) is 0 Å². The standard InChI is InChI=1S/C15H20N4O2/c1-3-4-7-19-13(16-9-17-19)11-10-5-6-15(21-10)8-18(2)14(20)12(11)15/h5-6,9-12H,3-4,7-8H2,1-2H3/t10-,11-,12+,15-/m0/s1. The third-order valence-corrected chi connectivity index (χ3v) is 4.96. The van der Waals surface area contributed by atoms with E-state index in [-0.39, 0.29) is 23.8 Å². The molecule has 4 atom stereocenters. The molecule has 3 aliphatic rings. The molecule has 3 aliphatic heterocycles. The highest BCUT2D eigenvalue weighted by Crippen LogP contribution is 2.54. The molecule has 2 fully saturated rings. The Morgan fingerprint density at radius 1 is 1.52 bits per heavy atom. The van der Waals surface area contributed by atoms with Crippen LogP contribution in [0.3, 0.4) is 0 Å². The zero-order valence-electron chi connectivity index (χ0n) is 12.4. The van der Waals surface area contributed by atoms with E-state index in [1.807, 2.05) is 11.7 Å². The summed E-state index contributed by atoms with van der Waals surface area (Å²) in [7, 11) is 1.85. The van der Waals surface area contributed by atoms with Gasteiger partial charge in [0.2, 0.25) is 5.91 Å². The number of carbonyl (C=O) groups excluding carboxylic acids is 1. The molecule has 2 bridgehead atoms. The van der Waals surface area contributed by atoms with E-state index in [4.69, 9.17) is 4.74 Å². The van der Waals surface area contributed by atoms with Crippen LogP contribution in [0.1, 0.15) is 31.5 Å². The predicted octanol–water partition coefficient (Wildman–Crippen LogP) is 0.957. The van der Waals surface area contributed by atoms with Gasteiger partial charge in [-0.2, -0.15) is 5.10 Å². The Labute approximate surface area is 123 Å². The molecule has 0 radical (unpaired) electrons. The maximum atomic E-state index is 12.6. The number of unbranched alkanes of at least 4 members (excludes halogenated alkanes) is 1. The number of ether oxygens (including phenoxy) is 1. The van der Waals surface area contributed by atoms with E-state index < -0.39 is 5.60 Å². The summed E-state index contributed by atoms with van der Waals surface area (Å²) in [4.78, 5) is 18.8. The van der Waals surface area contributed by atoms with Crippen LogP contribution in [-0.2, 0) is 16.1 Å². The molecule has 112 valence electrons. The van der Waals surface area contributed by atoms with Crippen molar-refractivity contribution in [1.29, 1.82) is 0 Å². The van der Waals surface area contributed by atoms with Crippen LogP contribution in [0.25, 0.3) is 0 Å². The van der Waals surface area contributed by atoms with Crippen LogP contribution >= 0.6 is 0 Å². The Morgan fingerprint density at radius 3 is 3.19 bits per heavy atom. The zero-order valence-corrected chi connectivity index (χ0v) is 12.4. The van der Waals surface area contributed by atoms with E-state index >= 15 is 0 Å². The summed E-state index contributed by atoms with van der Waals surface area (Å²) < 4.78 is 8.12. The molecule has 6 heteroatoms. The summed E-state index contributed by atoms with van der Waals surface area (Å²) in [6.07, 6.45) is 7.89. The molecule has 0 unspecified atom stereocenters. The summed E-state index contributed by atoms with van der Waals surface area (Å²) in [5.74, 6) is 0.902. The number of rotatable bonds is 4. The van der Waals surface area contributed by atoms with Crippen molar-refractivity contribution in [1.82, 2.24) is 19.7 Å². The van der Waals surface area contributed by atoms with Crippen molar-refractivity contribution < 1.29 is 9.53 Å². The van der Waals surface area contributed by atoms with Gasteiger partial charge in [-0.1, -0.05) is 25.5 Å². The summed E-state index contributed by atoms with van der Waals surface area (Å²) in [5, 5.41) is 4.34. The predicted molar refractivity (Wildman–Crippen MR) is 75.5 cm³/mol. The number of likely N-dealkylation sites (tertiary alicyclic amines) is 1. The first-order valence-electron chi connectivity index (χ1n) is 7.66. The molecule has 1 spiro atoms. The molecule has 1 aromatic rings. The highest BCUT2D eigenvalue weighted by Gasteiger charge is 2.65. The number of aromatic nitrogens is 3. The number of hydrogen-bond acceptors (Lipinski definition) is 4. The van der Waals surface area contributed by atoms with Crippen LogP contribution in [0.2, 0.25) is 0 Å². The maximum absolute atomic E-state index is 12.6. The lowest BCUT2D eigenvalue weighted by Crippen LogP contribution is -2.35. The molecule has 1 amide bonds. The lowest BCUT2D eigenvalue weighted by atomic mass is 9.77. The first-order chi connectivity index (χ1) is 10.2. The van der Waals surface area contributed by atoms with Crippen LogP contribution in [0.4, 0.5) is 0 Å². The number of carbonyl (C=O) groups is 1. The molecule has 4 rings (SSSR count). The van der Waals surface area contributed by atoms with Crippen LogP contribution < -0.4 is 0 Å². The van der Waals surface area contributed by atoms with E-state index in [9.17, 15) is 4.79 Å². The van der Waals surface area contributed by atoms with Gasteiger partial charge >= 0.3 is 0 Å². The number of likely N-dealkylation sites (N-methyl/N-ethyl adjacent to an activating group) is 1. The van der Waals surface area contributed by atoms with Crippen LogP contribution in [0, 0.1) is 5.92 Å². The maximum Gasteiger partial charge on any atom is 0.229 e. The van der Waals surface area contributed by atoms with Crippen molar-refractivity contribution in [2.24, 2.45) is 5.92 Å². The van der Waals surface area contributed by atoms with Crippen molar-refractivity contribution in [3.8, 4) is 0 Å². The minimum atomic E-state index is -0.442. The molecule has 1 aromatic heterocycles. The highest BCUT2D eigenvalue weighted by atomic mass is 16.5. The van der Waals surface area contributed by atoms with Crippen molar-refractivity contribution >= 4 is 5.91 Å². The smallest absolute Gasteiger partial charge is 0.229 e. The van der Waals surface area contributed by atoms with Crippen LogP contribution in [0.5, 0.6) is 0 Å². The fourth-order valence-corrected chi connectivity index (χ4v) is 4.00. The Hall–Kier alpha value is -1.69. The first-order valence-corrected chi connectivity index (χ1v) is 7.66. The average molecular weight is 288 g/mol. The molecule has 0 N–H and O–H groups in total. The third-order valence-electron chi connectivity index (χ3n) is 4.96. The van der Waals surface area contributed by atoms with E-state index in [1.54, 1.807) is 11.2 Å². The number of aryl methyl sites for hydroxylation is 1. The molecule has 6 nitrogen and oxygen atoms in total. The van der Waals surface area contributed by atoms with E-state index in [2.05, 4.69) is 29.2 Å². The van der Waals surface area contributed by atoms with Gasteiger partial charge in [-0.05, 0) is 6.42 Å². The number of amides is 1. The van der Waals surface area contributed by atoms with Crippen LogP contribution in [0.15, 0.2) is 18.5 Å². The fraction of sp³-hybridized carbons (Fsp3) is 0.667.